The number of aryl methyl sites for hydroxylation is 1. The van der Waals surface area contributed by atoms with E-state index >= 15 is 0 Å². The first-order chi connectivity index (χ1) is 9.53. The average Bonchev–Trinajstić information content (AvgIpc) is 2.64. The molecule has 1 heterocycles. The molecule has 0 saturated heterocycles. The van der Waals surface area contributed by atoms with Crippen molar-refractivity contribution in [2.75, 3.05) is 0 Å². The van der Waals surface area contributed by atoms with Gasteiger partial charge < -0.3 is 10.1 Å². The lowest BCUT2D eigenvalue weighted by Crippen LogP contribution is -2.47. The number of carbonyl (C=O) groups is 2. The Bertz CT molecular complexity index is 527. The van der Waals surface area contributed by atoms with Crippen LogP contribution in [0, 0.1) is 12.8 Å². The third-order valence-electron chi connectivity index (χ3n) is 3.09. The predicted octanol–water partition coefficient (Wildman–Crippen LogP) is 1.82. The Kier molecular flexibility index (Phi) is 5.15. The summed E-state index contributed by atoms with van der Waals surface area (Å²) in [6.45, 7) is 10.9. The summed E-state index contributed by atoms with van der Waals surface area (Å²) >= 11 is 0. The van der Waals surface area contributed by atoms with Crippen molar-refractivity contribution in [3.05, 3.63) is 17.5 Å². The van der Waals surface area contributed by atoms with E-state index in [1.54, 1.807) is 39.4 Å². The SMILES string of the molecule is Cc1c(C(=O)N[C@@H](C(=O)OC(C)(C)C)C(C)C)cnn1C. The van der Waals surface area contributed by atoms with Gasteiger partial charge >= 0.3 is 5.97 Å². The van der Waals surface area contributed by atoms with E-state index in [1.165, 1.54) is 6.20 Å². The second kappa shape index (κ2) is 6.28. The number of carbonyl (C=O) groups excluding carboxylic acids is 2. The molecule has 0 saturated carbocycles. The Morgan fingerprint density at radius 3 is 2.29 bits per heavy atom. The number of esters is 1. The first-order valence-corrected chi connectivity index (χ1v) is 7.05. The van der Waals surface area contributed by atoms with Crippen molar-refractivity contribution in [2.45, 2.75) is 53.2 Å². The molecular weight excluding hydrogens is 270 g/mol. The van der Waals surface area contributed by atoms with Gasteiger partial charge in [0.1, 0.15) is 11.6 Å². The number of hydrogen-bond acceptors (Lipinski definition) is 4. The van der Waals surface area contributed by atoms with E-state index in [-0.39, 0.29) is 11.8 Å². The van der Waals surface area contributed by atoms with E-state index in [2.05, 4.69) is 10.4 Å². The van der Waals surface area contributed by atoms with Crippen LogP contribution in [0.5, 0.6) is 0 Å². The zero-order chi connectivity index (χ0) is 16.4. The third kappa shape index (κ3) is 4.58. The number of amides is 1. The standard InChI is InChI=1S/C15H25N3O3/c1-9(2)12(14(20)21-15(4,5)6)17-13(19)11-8-16-18(7)10(11)3/h8-9,12H,1-7H3,(H,17,19)/t12-/m1/s1. The molecule has 1 aromatic rings. The number of ether oxygens (including phenoxy) is 1. The van der Waals surface area contributed by atoms with Crippen molar-refractivity contribution in [3.8, 4) is 0 Å². The molecule has 1 N–H and O–H groups in total. The maximum absolute atomic E-state index is 12.3. The second-order valence-electron chi connectivity index (χ2n) is 6.50. The maximum Gasteiger partial charge on any atom is 0.329 e. The minimum atomic E-state index is -0.684. The molecule has 0 fully saturated rings. The quantitative estimate of drug-likeness (QED) is 0.860. The smallest absolute Gasteiger partial charge is 0.329 e. The van der Waals surface area contributed by atoms with Crippen LogP contribution in [0.2, 0.25) is 0 Å². The lowest BCUT2D eigenvalue weighted by molar-refractivity contribution is -0.158. The fourth-order valence-corrected chi connectivity index (χ4v) is 1.80. The molecule has 118 valence electrons. The van der Waals surface area contributed by atoms with Gasteiger partial charge in [-0.3, -0.25) is 9.48 Å². The van der Waals surface area contributed by atoms with Crippen LogP contribution < -0.4 is 5.32 Å². The van der Waals surface area contributed by atoms with E-state index in [4.69, 9.17) is 4.74 Å². The molecule has 1 atom stereocenters. The fourth-order valence-electron chi connectivity index (χ4n) is 1.80. The van der Waals surface area contributed by atoms with Gasteiger partial charge in [-0.15, -0.1) is 0 Å². The van der Waals surface area contributed by atoms with Crippen LogP contribution in [0.15, 0.2) is 6.20 Å². The first-order valence-electron chi connectivity index (χ1n) is 7.05. The molecule has 0 unspecified atom stereocenters. The van der Waals surface area contributed by atoms with Crippen LogP contribution in [-0.2, 0) is 16.6 Å². The van der Waals surface area contributed by atoms with Crippen molar-refractivity contribution in [1.29, 1.82) is 0 Å². The summed E-state index contributed by atoms with van der Waals surface area (Å²) in [6, 6.07) is -0.684. The molecular formula is C15H25N3O3. The molecule has 1 aromatic heterocycles. The normalized spacial score (nSPS) is 13.1. The summed E-state index contributed by atoms with van der Waals surface area (Å²) in [5, 5.41) is 6.78. The molecule has 0 aromatic carbocycles. The molecule has 1 amide bonds. The van der Waals surface area contributed by atoms with E-state index < -0.39 is 17.6 Å². The summed E-state index contributed by atoms with van der Waals surface area (Å²) in [5.74, 6) is -0.807. The molecule has 6 heteroatoms. The Balaban J connectivity index is 2.86. The molecule has 0 spiro atoms. The summed E-state index contributed by atoms with van der Waals surface area (Å²) in [7, 11) is 1.76. The van der Waals surface area contributed by atoms with Gasteiger partial charge in [0, 0.05) is 12.7 Å². The average molecular weight is 295 g/mol. The minimum absolute atomic E-state index is 0.0687. The van der Waals surface area contributed by atoms with Gasteiger partial charge in [-0.1, -0.05) is 13.8 Å². The summed E-state index contributed by atoms with van der Waals surface area (Å²) in [4.78, 5) is 24.5. The highest BCUT2D eigenvalue weighted by atomic mass is 16.6. The highest BCUT2D eigenvalue weighted by Gasteiger charge is 2.30. The highest BCUT2D eigenvalue weighted by Crippen LogP contribution is 2.14. The van der Waals surface area contributed by atoms with Gasteiger partial charge in [-0.05, 0) is 33.6 Å². The number of nitrogens with one attached hydrogen (secondary N) is 1. The zero-order valence-electron chi connectivity index (χ0n) is 13.9. The van der Waals surface area contributed by atoms with Crippen LogP contribution in [0.4, 0.5) is 0 Å². The summed E-state index contributed by atoms with van der Waals surface area (Å²) in [6.07, 6.45) is 1.50. The van der Waals surface area contributed by atoms with Gasteiger partial charge in [0.05, 0.1) is 11.8 Å². The van der Waals surface area contributed by atoms with Crippen LogP contribution in [-0.4, -0.2) is 33.3 Å². The van der Waals surface area contributed by atoms with Crippen molar-refractivity contribution < 1.29 is 14.3 Å². The maximum atomic E-state index is 12.3. The van der Waals surface area contributed by atoms with E-state index in [9.17, 15) is 9.59 Å². The number of aromatic nitrogens is 2. The van der Waals surface area contributed by atoms with Crippen LogP contribution >= 0.6 is 0 Å². The number of rotatable bonds is 4. The van der Waals surface area contributed by atoms with Crippen molar-refractivity contribution in [1.82, 2.24) is 15.1 Å². The van der Waals surface area contributed by atoms with Crippen LogP contribution in [0.25, 0.3) is 0 Å². The van der Waals surface area contributed by atoms with Gasteiger partial charge in [0.15, 0.2) is 0 Å². The summed E-state index contributed by atoms with van der Waals surface area (Å²) in [5.41, 5.74) is 0.630. The topological polar surface area (TPSA) is 73.2 Å². The number of hydrogen-bond donors (Lipinski definition) is 1. The van der Waals surface area contributed by atoms with Crippen LogP contribution in [0.1, 0.15) is 50.7 Å². The van der Waals surface area contributed by atoms with Gasteiger partial charge in [0.25, 0.3) is 5.91 Å². The lowest BCUT2D eigenvalue weighted by Gasteiger charge is -2.26. The molecule has 1 rings (SSSR count). The molecule has 0 radical (unpaired) electrons. The fraction of sp³-hybridized carbons (Fsp3) is 0.667. The Morgan fingerprint density at radius 2 is 1.90 bits per heavy atom. The molecule has 0 bridgehead atoms. The third-order valence-corrected chi connectivity index (χ3v) is 3.09. The predicted molar refractivity (Wildman–Crippen MR) is 79.9 cm³/mol. The molecule has 0 aliphatic carbocycles. The minimum Gasteiger partial charge on any atom is -0.458 e. The zero-order valence-corrected chi connectivity index (χ0v) is 13.9. The monoisotopic (exact) mass is 295 g/mol. The van der Waals surface area contributed by atoms with Crippen molar-refractivity contribution >= 4 is 11.9 Å². The molecule has 21 heavy (non-hydrogen) atoms. The molecule has 0 aliphatic heterocycles. The van der Waals surface area contributed by atoms with Crippen molar-refractivity contribution in [3.63, 3.8) is 0 Å². The first kappa shape index (κ1) is 17.2. The van der Waals surface area contributed by atoms with Crippen molar-refractivity contribution in [2.24, 2.45) is 13.0 Å². The largest absolute Gasteiger partial charge is 0.458 e. The van der Waals surface area contributed by atoms with Gasteiger partial charge in [0.2, 0.25) is 0 Å². The van der Waals surface area contributed by atoms with E-state index in [1.807, 2.05) is 13.8 Å². The highest BCUT2D eigenvalue weighted by molar-refractivity contribution is 5.97. The molecule has 0 aliphatic rings. The van der Waals surface area contributed by atoms with Gasteiger partial charge in [-0.25, -0.2) is 4.79 Å². The molecule has 6 nitrogen and oxygen atoms in total. The summed E-state index contributed by atoms with van der Waals surface area (Å²) < 4.78 is 6.98. The Labute approximate surface area is 125 Å². The number of nitrogens with zero attached hydrogens (tertiary/aromatic N) is 2. The second-order valence-corrected chi connectivity index (χ2v) is 6.50. The van der Waals surface area contributed by atoms with E-state index in [0.29, 0.717) is 5.56 Å². The Morgan fingerprint density at radius 1 is 1.33 bits per heavy atom. The lowest BCUT2D eigenvalue weighted by atomic mass is 10.0. The Hall–Kier alpha value is -1.85. The van der Waals surface area contributed by atoms with Gasteiger partial charge in [-0.2, -0.15) is 5.10 Å². The van der Waals surface area contributed by atoms with Crippen LogP contribution in [0.3, 0.4) is 0 Å². The van der Waals surface area contributed by atoms with E-state index in [0.717, 1.165) is 5.69 Å².